The van der Waals surface area contributed by atoms with E-state index in [-0.39, 0.29) is 10.7 Å². The van der Waals surface area contributed by atoms with Gasteiger partial charge in [-0.25, -0.2) is 8.93 Å². The molecule has 25 heavy (non-hydrogen) atoms. The number of aromatic nitrogens is 1. The topological polar surface area (TPSA) is 86.8 Å². The van der Waals surface area contributed by atoms with Crippen molar-refractivity contribution in [3.63, 3.8) is 0 Å². The van der Waals surface area contributed by atoms with Crippen molar-refractivity contribution in [3.8, 4) is 11.5 Å². The Morgan fingerprint density at radius 1 is 1.20 bits per heavy atom. The van der Waals surface area contributed by atoms with Gasteiger partial charge in [-0.1, -0.05) is 0 Å². The Kier molecular flexibility index (Phi) is 8.31. The van der Waals surface area contributed by atoms with E-state index in [2.05, 4.69) is 9.71 Å². The third-order valence-corrected chi connectivity index (χ3v) is 5.23. The van der Waals surface area contributed by atoms with Crippen molar-refractivity contribution in [2.24, 2.45) is 0 Å². The Morgan fingerprint density at radius 2 is 1.76 bits per heavy atom. The molecule has 0 spiro atoms. The molecule has 1 aromatic rings. The average Bonchev–Trinajstić information content (AvgIpc) is 2.59. The lowest BCUT2D eigenvalue weighted by atomic mass is 9.93. The fourth-order valence-electron chi connectivity index (χ4n) is 2.31. The standard InChI is InChI=1S/C17H28N2O5S/c1-17(2,3)25(21)19-9-7-8-12(16(20)24-6)15-13(22-4)10-18-11-14(15)23-5/h10-12,19H,7-9H2,1-6H3. The number of hydrogen-bond acceptors (Lipinski definition) is 6. The Morgan fingerprint density at radius 3 is 2.20 bits per heavy atom. The van der Waals surface area contributed by atoms with Crippen molar-refractivity contribution in [3.05, 3.63) is 18.0 Å². The molecule has 1 heterocycles. The van der Waals surface area contributed by atoms with Crippen LogP contribution in [0.25, 0.3) is 0 Å². The first-order chi connectivity index (χ1) is 11.8. The maximum atomic E-state index is 12.3. The summed E-state index contributed by atoms with van der Waals surface area (Å²) in [5, 5.41) is 0. The van der Waals surface area contributed by atoms with Crippen molar-refractivity contribution < 1.29 is 23.2 Å². The summed E-state index contributed by atoms with van der Waals surface area (Å²) >= 11 is 0. The van der Waals surface area contributed by atoms with E-state index in [1.165, 1.54) is 21.3 Å². The zero-order chi connectivity index (χ0) is 19.0. The smallest absolute Gasteiger partial charge is 0.313 e. The van der Waals surface area contributed by atoms with Crippen LogP contribution >= 0.6 is 0 Å². The van der Waals surface area contributed by atoms with Gasteiger partial charge in [-0.05, 0) is 33.6 Å². The van der Waals surface area contributed by atoms with Gasteiger partial charge in [0.1, 0.15) is 11.5 Å². The average molecular weight is 372 g/mol. The summed E-state index contributed by atoms with van der Waals surface area (Å²) in [5.74, 6) is 0.0180. The lowest BCUT2D eigenvalue weighted by Crippen LogP contribution is -2.34. The Balaban J connectivity index is 2.90. The van der Waals surface area contributed by atoms with Crippen molar-refractivity contribution in [1.82, 2.24) is 9.71 Å². The minimum absolute atomic E-state index is 0.334. The molecular formula is C17H28N2O5S. The van der Waals surface area contributed by atoms with Crippen LogP contribution in [0, 0.1) is 0 Å². The minimum atomic E-state index is -1.15. The first kappa shape index (κ1) is 21.4. The minimum Gasteiger partial charge on any atom is -0.495 e. The molecule has 0 amide bonds. The molecule has 1 aromatic heterocycles. The van der Waals surface area contributed by atoms with Crippen molar-refractivity contribution in [2.45, 2.75) is 44.3 Å². The van der Waals surface area contributed by atoms with Gasteiger partial charge in [0.05, 0.1) is 60.9 Å². The second-order valence-corrected chi connectivity index (χ2v) is 8.50. The van der Waals surface area contributed by atoms with Crippen molar-refractivity contribution >= 4 is 17.0 Å². The predicted molar refractivity (Wildman–Crippen MR) is 97.2 cm³/mol. The molecule has 1 N–H and O–H groups in total. The first-order valence-electron chi connectivity index (χ1n) is 8.05. The monoisotopic (exact) mass is 372 g/mol. The molecule has 0 aliphatic rings. The Bertz CT molecular complexity index is 579. The lowest BCUT2D eigenvalue weighted by Gasteiger charge is -2.21. The molecule has 0 saturated heterocycles. The molecule has 142 valence electrons. The summed E-state index contributed by atoms with van der Waals surface area (Å²) in [6.45, 7) is 6.23. The maximum Gasteiger partial charge on any atom is 0.313 e. The molecule has 0 radical (unpaired) electrons. The molecule has 8 heteroatoms. The fourth-order valence-corrected chi connectivity index (χ4v) is 3.07. The largest absolute Gasteiger partial charge is 0.495 e. The number of methoxy groups -OCH3 is 3. The molecule has 0 aliphatic heterocycles. The van der Waals surface area contributed by atoms with E-state index < -0.39 is 16.9 Å². The molecular weight excluding hydrogens is 344 g/mol. The van der Waals surface area contributed by atoms with E-state index in [0.29, 0.717) is 36.4 Å². The maximum absolute atomic E-state index is 12.3. The van der Waals surface area contributed by atoms with Crippen LogP contribution in [0.4, 0.5) is 0 Å². The van der Waals surface area contributed by atoms with E-state index in [1.54, 1.807) is 12.4 Å². The Hall–Kier alpha value is -1.67. The van der Waals surface area contributed by atoms with Gasteiger partial charge in [-0.15, -0.1) is 0 Å². The number of ether oxygens (including phenoxy) is 3. The highest BCUT2D eigenvalue weighted by atomic mass is 32.2. The van der Waals surface area contributed by atoms with Crippen LogP contribution in [0.2, 0.25) is 0 Å². The van der Waals surface area contributed by atoms with Gasteiger partial charge in [0.2, 0.25) is 0 Å². The van der Waals surface area contributed by atoms with Crippen molar-refractivity contribution in [2.75, 3.05) is 27.9 Å². The van der Waals surface area contributed by atoms with Crippen molar-refractivity contribution in [1.29, 1.82) is 0 Å². The van der Waals surface area contributed by atoms with Crippen LogP contribution in [0.5, 0.6) is 11.5 Å². The van der Waals surface area contributed by atoms with Gasteiger partial charge in [0.25, 0.3) is 0 Å². The molecule has 7 nitrogen and oxygen atoms in total. The predicted octanol–water partition coefficient (Wildman–Crippen LogP) is 2.19. The SMILES string of the molecule is COC(=O)C(CCCNS(=O)C(C)(C)C)c1c(OC)cncc1OC. The molecule has 0 saturated carbocycles. The highest BCUT2D eigenvalue weighted by molar-refractivity contribution is 7.84. The highest BCUT2D eigenvalue weighted by Gasteiger charge is 2.28. The molecule has 0 fully saturated rings. The number of pyridine rings is 1. The normalized spacial score (nSPS) is 13.8. The number of hydrogen-bond donors (Lipinski definition) is 1. The summed E-state index contributed by atoms with van der Waals surface area (Å²) in [6.07, 6.45) is 4.22. The fraction of sp³-hybridized carbons (Fsp3) is 0.647. The number of nitrogens with one attached hydrogen (secondary N) is 1. The van der Waals surface area contributed by atoms with E-state index in [1.807, 2.05) is 20.8 Å². The summed E-state index contributed by atoms with van der Waals surface area (Å²) < 4.78 is 30.3. The second-order valence-electron chi connectivity index (χ2n) is 6.45. The zero-order valence-corrected chi connectivity index (χ0v) is 16.6. The Labute approximate surface area is 152 Å². The van der Waals surface area contributed by atoms with Gasteiger partial charge in [0, 0.05) is 6.54 Å². The van der Waals surface area contributed by atoms with Gasteiger partial charge >= 0.3 is 5.97 Å². The molecule has 1 rings (SSSR count). The number of carbonyl (C=O) groups is 1. The summed E-state index contributed by atoms with van der Waals surface area (Å²) in [5.41, 5.74) is 0.615. The third kappa shape index (κ3) is 5.97. The summed E-state index contributed by atoms with van der Waals surface area (Å²) in [6, 6.07) is 0. The van der Waals surface area contributed by atoms with Crippen LogP contribution < -0.4 is 14.2 Å². The lowest BCUT2D eigenvalue weighted by molar-refractivity contribution is -0.142. The molecule has 0 aliphatic carbocycles. The highest BCUT2D eigenvalue weighted by Crippen LogP contribution is 2.37. The van der Waals surface area contributed by atoms with E-state index in [0.717, 1.165) is 0 Å². The number of esters is 1. The molecule has 2 atom stereocenters. The van der Waals surface area contributed by atoms with Crippen LogP contribution in [0.3, 0.4) is 0 Å². The van der Waals surface area contributed by atoms with E-state index in [9.17, 15) is 9.00 Å². The van der Waals surface area contributed by atoms with Gasteiger partial charge in [-0.2, -0.15) is 0 Å². The molecule has 2 unspecified atom stereocenters. The van der Waals surface area contributed by atoms with Crippen LogP contribution in [-0.2, 0) is 20.5 Å². The van der Waals surface area contributed by atoms with E-state index >= 15 is 0 Å². The van der Waals surface area contributed by atoms with Gasteiger partial charge < -0.3 is 14.2 Å². The third-order valence-electron chi connectivity index (χ3n) is 3.65. The zero-order valence-electron chi connectivity index (χ0n) is 15.8. The quantitative estimate of drug-likeness (QED) is 0.528. The molecule has 0 aromatic carbocycles. The number of carbonyl (C=O) groups excluding carboxylic acids is 1. The number of rotatable bonds is 9. The van der Waals surface area contributed by atoms with Crippen LogP contribution in [0.15, 0.2) is 12.4 Å². The first-order valence-corrected chi connectivity index (χ1v) is 9.20. The van der Waals surface area contributed by atoms with Crippen LogP contribution in [-0.4, -0.2) is 47.8 Å². The van der Waals surface area contributed by atoms with Gasteiger partial charge in [0.15, 0.2) is 0 Å². The summed E-state index contributed by atoms with van der Waals surface area (Å²) in [7, 11) is 3.24. The van der Waals surface area contributed by atoms with Gasteiger partial charge in [-0.3, -0.25) is 9.78 Å². The number of nitrogens with zero attached hydrogens (tertiary/aromatic N) is 1. The van der Waals surface area contributed by atoms with Crippen LogP contribution in [0.1, 0.15) is 45.1 Å². The molecule has 0 bridgehead atoms. The second kappa shape index (κ2) is 9.72. The summed E-state index contributed by atoms with van der Waals surface area (Å²) in [4.78, 5) is 16.3. The van der Waals surface area contributed by atoms with E-state index in [4.69, 9.17) is 14.2 Å².